The van der Waals surface area contributed by atoms with Crippen LogP contribution in [0.2, 0.25) is 5.02 Å². The molecule has 0 atom stereocenters. The number of morpholine rings is 1. The van der Waals surface area contributed by atoms with Crippen LogP contribution in [0.5, 0.6) is 0 Å². The number of amides is 1. The summed E-state index contributed by atoms with van der Waals surface area (Å²) >= 11 is 6.23. The lowest BCUT2D eigenvalue weighted by Gasteiger charge is -2.26. The van der Waals surface area contributed by atoms with E-state index in [0.29, 0.717) is 48.5 Å². The molecule has 4 aromatic rings. The van der Waals surface area contributed by atoms with E-state index in [-0.39, 0.29) is 5.91 Å². The van der Waals surface area contributed by atoms with Crippen LogP contribution < -0.4 is 0 Å². The molecule has 1 aliphatic rings. The van der Waals surface area contributed by atoms with Gasteiger partial charge in [0.15, 0.2) is 5.82 Å². The molecular formula is C22H19ClN4O2. The highest BCUT2D eigenvalue weighted by molar-refractivity contribution is 6.31. The number of ether oxygens (including phenoxy) is 1. The third-order valence-corrected chi connectivity index (χ3v) is 5.57. The number of nitrogens with zero attached hydrogens (tertiary/aromatic N) is 4. The minimum atomic E-state index is -0.0969. The molecule has 0 radical (unpaired) electrons. The lowest BCUT2D eigenvalue weighted by molar-refractivity contribution is 0.0300. The van der Waals surface area contributed by atoms with Crippen molar-refractivity contribution in [3.05, 3.63) is 59.2 Å². The summed E-state index contributed by atoms with van der Waals surface area (Å²) in [6.07, 6.45) is 0. The first-order valence-corrected chi connectivity index (χ1v) is 9.89. The van der Waals surface area contributed by atoms with Crippen LogP contribution in [0.25, 0.3) is 33.3 Å². The van der Waals surface area contributed by atoms with Gasteiger partial charge in [0.2, 0.25) is 0 Å². The lowest BCUT2D eigenvalue weighted by atomic mass is 10.1. The van der Waals surface area contributed by atoms with Gasteiger partial charge in [0, 0.05) is 36.1 Å². The molecule has 146 valence electrons. The average Bonchev–Trinajstić information content (AvgIpc) is 3.05. The van der Waals surface area contributed by atoms with E-state index in [1.807, 2.05) is 60.1 Å². The molecule has 2 aromatic heterocycles. The van der Waals surface area contributed by atoms with E-state index < -0.39 is 0 Å². The Morgan fingerprint density at radius 3 is 2.59 bits per heavy atom. The smallest absolute Gasteiger partial charge is 0.273 e. The summed E-state index contributed by atoms with van der Waals surface area (Å²) in [5, 5.41) is 2.32. The van der Waals surface area contributed by atoms with E-state index in [0.717, 1.165) is 21.9 Å². The van der Waals surface area contributed by atoms with Crippen molar-refractivity contribution in [3.8, 4) is 11.4 Å². The zero-order valence-corrected chi connectivity index (χ0v) is 16.7. The first-order valence-electron chi connectivity index (χ1n) is 9.51. The Hall–Kier alpha value is -2.96. The molecular weight excluding hydrogens is 388 g/mol. The summed E-state index contributed by atoms with van der Waals surface area (Å²) in [5.41, 5.74) is 2.92. The summed E-state index contributed by atoms with van der Waals surface area (Å²) in [6.45, 7) is 2.19. The van der Waals surface area contributed by atoms with Crippen molar-refractivity contribution in [2.24, 2.45) is 7.05 Å². The number of carbonyl (C=O) groups is 1. The third-order valence-electron chi connectivity index (χ3n) is 5.33. The lowest BCUT2D eigenvalue weighted by Crippen LogP contribution is -2.41. The minimum absolute atomic E-state index is 0.0969. The molecule has 6 nitrogen and oxygen atoms in total. The maximum Gasteiger partial charge on any atom is 0.273 e. The van der Waals surface area contributed by atoms with Gasteiger partial charge in [-0.25, -0.2) is 9.97 Å². The van der Waals surface area contributed by atoms with Gasteiger partial charge in [-0.2, -0.15) is 0 Å². The predicted molar refractivity (Wildman–Crippen MR) is 113 cm³/mol. The molecule has 0 unspecified atom stereocenters. The fourth-order valence-electron chi connectivity index (χ4n) is 3.83. The highest BCUT2D eigenvalue weighted by Gasteiger charge is 2.26. The fourth-order valence-corrected chi connectivity index (χ4v) is 4.00. The molecule has 1 amide bonds. The van der Waals surface area contributed by atoms with Crippen molar-refractivity contribution in [1.29, 1.82) is 0 Å². The molecule has 29 heavy (non-hydrogen) atoms. The highest BCUT2D eigenvalue weighted by atomic mass is 35.5. The van der Waals surface area contributed by atoms with E-state index in [1.54, 1.807) is 4.90 Å². The maximum atomic E-state index is 13.5. The number of aryl methyl sites for hydroxylation is 1. The monoisotopic (exact) mass is 406 g/mol. The fraction of sp³-hybridized carbons (Fsp3) is 0.227. The standard InChI is InChI=1S/C22H19ClN4O2/c1-26-17-13-15(23)7-8-16(17)18-19(22(28)27-9-11-29-12-10-27)24-20(25-21(18)26)14-5-3-2-4-6-14/h2-8,13H,9-12H2,1H3. The van der Waals surface area contributed by atoms with Gasteiger partial charge in [-0.15, -0.1) is 0 Å². The molecule has 0 N–H and O–H groups in total. The van der Waals surface area contributed by atoms with Crippen LogP contribution in [0.3, 0.4) is 0 Å². The van der Waals surface area contributed by atoms with E-state index in [2.05, 4.69) is 0 Å². The summed E-state index contributed by atoms with van der Waals surface area (Å²) in [4.78, 5) is 24.8. The van der Waals surface area contributed by atoms with Crippen LogP contribution in [0.4, 0.5) is 0 Å². The van der Waals surface area contributed by atoms with Crippen molar-refractivity contribution in [1.82, 2.24) is 19.4 Å². The Morgan fingerprint density at radius 1 is 1.07 bits per heavy atom. The quantitative estimate of drug-likeness (QED) is 0.506. The van der Waals surface area contributed by atoms with Crippen molar-refractivity contribution >= 4 is 39.4 Å². The summed E-state index contributed by atoms with van der Waals surface area (Å²) in [5.74, 6) is 0.437. The molecule has 3 heterocycles. The molecule has 0 spiro atoms. The number of halogens is 1. The zero-order chi connectivity index (χ0) is 20.0. The normalized spacial score (nSPS) is 14.6. The molecule has 0 aliphatic carbocycles. The topological polar surface area (TPSA) is 60.2 Å². The second-order valence-corrected chi connectivity index (χ2v) is 7.52. The summed E-state index contributed by atoms with van der Waals surface area (Å²) in [7, 11) is 1.94. The first-order chi connectivity index (χ1) is 14.1. The number of fused-ring (bicyclic) bond motifs is 3. The Bertz CT molecular complexity index is 1230. The number of carbonyl (C=O) groups excluding carboxylic acids is 1. The van der Waals surface area contributed by atoms with Crippen LogP contribution >= 0.6 is 11.6 Å². The first kappa shape index (κ1) is 18.1. The maximum absolute atomic E-state index is 13.5. The number of benzene rings is 2. The van der Waals surface area contributed by atoms with E-state index in [4.69, 9.17) is 26.3 Å². The van der Waals surface area contributed by atoms with Crippen molar-refractivity contribution in [2.75, 3.05) is 26.3 Å². The number of hydrogen-bond donors (Lipinski definition) is 0. The van der Waals surface area contributed by atoms with Crippen LogP contribution in [-0.2, 0) is 11.8 Å². The van der Waals surface area contributed by atoms with Crippen molar-refractivity contribution < 1.29 is 9.53 Å². The summed E-state index contributed by atoms with van der Waals surface area (Å²) in [6, 6.07) is 15.4. The Balaban J connectivity index is 1.81. The second kappa shape index (κ2) is 7.13. The molecule has 1 aliphatic heterocycles. The molecule has 0 bridgehead atoms. The Labute approximate surface area is 172 Å². The minimum Gasteiger partial charge on any atom is -0.378 e. The Morgan fingerprint density at radius 2 is 1.83 bits per heavy atom. The molecule has 7 heteroatoms. The van der Waals surface area contributed by atoms with E-state index >= 15 is 0 Å². The van der Waals surface area contributed by atoms with Gasteiger partial charge in [-0.05, 0) is 12.1 Å². The predicted octanol–water partition coefficient (Wildman–Crippen LogP) is 3.91. The van der Waals surface area contributed by atoms with Gasteiger partial charge in [0.05, 0.1) is 24.1 Å². The SMILES string of the molecule is Cn1c2cc(Cl)ccc2c2c(C(=O)N3CCOCC3)nc(-c3ccccc3)nc21. The number of aromatic nitrogens is 3. The van der Waals surface area contributed by atoms with Crippen molar-refractivity contribution in [3.63, 3.8) is 0 Å². The highest BCUT2D eigenvalue weighted by Crippen LogP contribution is 2.33. The average molecular weight is 407 g/mol. The molecule has 0 saturated carbocycles. The van der Waals surface area contributed by atoms with Crippen molar-refractivity contribution in [2.45, 2.75) is 0 Å². The van der Waals surface area contributed by atoms with Crippen LogP contribution in [-0.4, -0.2) is 51.6 Å². The van der Waals surface area contributed by atoms with Gasteiger partial charge < -0.3 is 14.2 Å². The molecule has 5 rings (SSSR count). The van der Waals surface area contributed by atoms with Gasteiger partial charge >= 0.3 is 0 Å². The third kappa shape index (κ3) is 3.05. The molecule has 1 saturated heterocycles. The van der Waals surface area contributed by atoms with Crippen LogP contribution in [0, 0.1) is 0 Å². The van der Waals surface area contributed by atoms with Gasteiger partial charge in [0.25, 0.3) is 5.91 Å². The largest absolute Gasteiger partial charge is 0.378 e. The van der Waals surface area contributed by atoms with Gasteiger partial charge in [0.1, 0.15) is 11.3 Å². The second-order valence-electron chi connectivity index (χ2n) is 7.09. The molecule has 1 fully saturated rings. The van der Waals surface area contributed by atoms with Crippen LogP contribution in [0.15, 0.2) is 48.5 Å². The van der Waals surface area contributed by atoms with E-state index in [1.165, 1.54) is 0 Å². The zero-order valence-electron chi connectivity index (χ0n) is 15.9. The molecule has 2 aromatic carbocycles. The Kier molecular flexibility index (Phi) is 4.45. The summed E-state index contributed by atoms with van der Waals surface area (Å²) < 4.78 is 7.38. The number of rotatable bonds is 2. The number of hydrogen-bond acceptors (Lipinski definition) is 4. The van der Waals surface area contributed by atoms with Gasteiger partial charge in [-0.3, -0.25) is 4.79 Å². The van der Waals surface area contributed by atoms with Gasteiger partial charge in [-0.1, -0.05) is 48.0 Å². The van der Waals surface area contributed by atoms with E-state index in [9.17, 15) is 4.79 Å². The van der Waals surface area contributed by atoms with Crippen LogP contribution in [0.1, 0.15) is 10.5 Å².